The lowest BCUT2D eigenvalue weighted by Crippen LogP contribution is -2.30. The number of amides is 1. The number of halogens is 1. The molecule has 2 atom stereocenters. The largest absolute Gasteiger partial charge is 0.446 e. The van der Waals surface area contributed by atoms with Gasteiger partial charge in [0.05, 0.1) is 0 Å². The summed E-state index contributed by atoms with van der Waals surface area (Å²) in [7, 11) is 0. The van der Waals surface area contributed by atoms with Gasteiger partial charge in [-0.15, -0.1) is 0 Å². The molecule has 1 saturated carbocycles. The molecule has 0 saturated heterocycles. The lowest BCUT2D eigenvalue weighted by atomic mass is 9.88. The molecule has 1 amide bonds. The van der Waals surface area contributed by atoms with Crippen LogP contribution < -0.4 is 5.32 Å². The molecule has 3 nitrogen and oxygen atoms in total. The summed E-state index contributed by atoms with van der Waals surface area (Å²) in [5.74, 6) is 0.444. The van der Waals surface area contributed by atoms with Gasteiger partial charge in [0.25, 0.3) is 0 Å². The van der Waals surface area contributed by atoms with Crippen molar-refractivity contribution in [1.82, 2.24) is 0 Å². The van der Waals surface area contributed by atoms with Gasteiger partial charge < -0.3 is 4.74 Å². The van der Waals surface area contributed by atoms with Crippen LogP contribution in [0.25, 0.3) is 0 Å². The van der Waals surface area contributed by atoms with E-state index in [2.05, 4.69) is 12.2 Å². The van der Waals surface area contributed by atoms with Crippen molar-refractivity contribution < 1.29 is 9.53 Å². The van der Waals surface area contributed by atoms with Crippen molar-refractivity contribution in [2.75, 3.05) is 5.32 Å². The Kier molecular flexibility index (Phi) is 4.70. The highest BCUT2D eigenvalue weighted by Gasteiger charge is 2.24. The average Bonchev–Trinajstić information content (AvgIpc) is 2.37. The van der Waals surface area contributed by atoms with E-state index >= 15 is 0 Å². The number of benzene rings is 1. The Morgan fingerprint density at radius 3 is 2.84 bits per heavy atom. The standard InChI is InChI=1S/C15H20ClNO2/c1-10-7-8-12(16)9-13(10)17-15(18)19-14-6-4-3-5-11(14)2/h7-9,11,14H,3-6H2,1-2H3,(H,17,18). The number of hydrogen-bond donors (Lipinski definition) is 1. The van der Waals surface area contributed by atoms with Crippen LogP contribution in [0.4, 0.5) is 10.5 Å². The molecule has 104 valence electrons. The van der Waals surface area contributed by atoms with Gasteiger partial charge in [0.15, 0.2) is 0 Å². The van der Waals surface area contributed by atoms with Gasteiger partial charge in [-0.05, 0) is 49.8 Å². The van der Waals surface area contributed by atoms with Crippen LogP contribution in [0.1, 0.15) is 38.2 Å². The van der Waals surface area contributed by atoms with E-state index in [0.29, 0.717) is 16.6 Å². The van der Waals surface area contributed by atoms with E-state index < -0.39 is 0 Å². The molecule has 2 rings (SSSR count). The maximum Gasteiger partial charge on any atom is 0.411 e. The highest BCUT2D eigenvalue weighted by Crippen LogP contribution is 2.27. The summed E-state index contributed by atoms with van der Waals surface area (Å²) in [4.78, 5) is 11.9. The zero-order valence-corrected chi connectivity index (χ0v) is 12.2. The molecule has 0 spiro atoms. The van der Waals surface area contributed by atoms with E-state index in [-0.39, 0.29) is 12.2 Å². The third-order valence-electron chi connectivity index (χ3n) is 3.73. The quantitative estimate of drug-likeness (QED) is 0.847. The number of ether oxygens (including phenoxy) is 1. The van der Waals surface area contributed by atoms with Crippen LogP contribution in [0.5, 0.6) is 0 Å². The number of anilines is 1. The van der Waals surface area contributed by atoms with Gasteiger partial charge >= 0.3 is 6.09 Å². The molecule has 0 radical (unpaired) electrons. The van der Waals surface area contributed by atoms with Crippen molar-refractivity contribution in [3.8, 4) is 0 Å². The summed E-state index contributed by atoms with van der Waals surface area (Å²) in [6.45, 7) is 4.07. The molecule has 1 aromatic rings. The first-order chi connectivity index (χ1) is 9.06. The van der Waals surface area contributed by atoms with Crippen molar-refractivity contribution >= 4 is 23.4 Å². The number of hydrogen-bond acceptors (Lipinski definition) is 2. The second kappa shape index (κ2) is 6.29. The smallest absolute Gasteiger partial charge is 0.411 e. The molecule has 2 unspecified atom stereocenters. The summed E-state index contributed by atoms with van der Waals surface area (Å²) in [6.07, 6.45) is 4.11. The molecular formula is C15H20ClNO2. The van der Waals surface area contributed by atoms with E-state index in [1.807, 2.05) is 13.0 Å². The second-order valence-electron chi connectivity index (χ2n) is 5.29. The van der Waals surface area contributed by atoms with Gasteiger partial charge in [-0.25, -0.2) is 4.79 Å². The summed E-state index contributed by atoms with van der Waals surface area (Å²) in [5.41, 5.74) is 1.68. The summed E-state index contributed by atoms with van der Waals surface area (Å²) in [6, 6.07) is 5.42. The Bertz CT molecular complexity index is 461. The lowest BCUT2D eigenvalue weighted by Gasteiger charge is -2.28. The molecule has 0 bridgehead atoms. The van der Waals surface area contributed by atoms with Crippen LogP contribution in [0.2, 0.25) is 5.02 Å². The van der Waals surface area contributed by atoms with Crippen LogP contribution >= 0.6 is 11.6 Å². The summed E-state index contributed by atoms with van der Waals surface area (Å²) >= 11 is 5.92. The minimum Gasteiger partial charge on any atom is -0.446 e. The molecule has 4 heteroatoms. The normalized spacial score (nSPS) is 22.9. The molecule has 0 aromatic heterocycles. The molecule has 1 aromatic carbocycles. The van der Waals surface area contributed by atoms with Gasteiger partial charge in [0.2, 0.25) is 0 Å². The number of rotatable bonds is 2. The van der Waals surface area contributed by atoms with Crippen LogP contribution in [-0.2, 0) is 4.74 Å². The predicted molar refractivity (Wildman–Crippen MR) is 77.7 cm³/mol. The average molecular weight is 282 g/mol. The molecule has 0 aliphatic heterocycles. The molecular weight excluding hydrogens is 262 g/mol. The topological polar surface area (TPSA) is 38.3 Å². The van der Waals surface area contributed by atoms with Crippen molar-refractivity contribution in [1.29, 1.82) is 0 Å². The van der Waals surface area contributed by atoms with Crippen LogP contribution in [0, 0.1) is 12.8 Å². The molecule has 0 heterocycles. The van der Waals surface area contributed by atoms with E-state index in [4.69, 9.17) is 16.3 Å². The third kappa shape index (κ3) is 3.87. The first kappa shape index (κ1) is 14.2. The van der Waals surface area contributed by atoms with Gasteiger partial charge in [-0.3, -0.25) is 5.32 Å². The van der Waals surface area contributed by atoms with Gasteiger partial charge in [0, 0.05) is 10.7 Å². The Balaban J connectivity index is 1.95. The zero-order chi connectivity index (χ0) is 13.8. The highest BCUT2D eigenvalue weighted by molar-refractivity contribution is 6.30. The van der Waals surface area contributed by atoms with E-state index in [0.717, 1.165) is 24.8 Å². The molecule has 1 fully saturated rings. The van der Waals surface area contributed by atoms with Crippen molar-refractivity contribution in [2.24, 2.45) is 5.92 Å². The minimum atomic E-state index is -0.385. The molecule has 1 N–H and O–H groups in total. The van der Waals surface area contributed by atoms with Gasteiger partial charge in [0.1, 0.15) is 6.10 Å². The summed E-state index contributed by atoms with van der Waals surface area (Å²) < 4.78 is 5.51. The zero-order valence-electron chi connectivity index (χ0n) is 11.4. The Labute approximate surface area is 119 Å². The van der Waals surface area contributed by atoms with Crippen molar-refractivity contribution in [3.63, 3.8) is 0 Å². The fourth-order valence-electron chi connectivity index (χ4n) is 2.46. The number of carbonyl (C=O) groups excluding carboxylic acids is 1. The van der Waals surface area contributed by atoms with Crippen molar-refractivity contribution in [2.45, 2.75) is 45.6 Å². The van der Waals surface area contributed by atoms with Gasteiger partial charge in [-0.2, -0.15) is 0 Å². The highest BCUT2D eigenvalue weighted by atomic mass is 35.5. The van der Waals surface area contributed by atoms with Crippen LogP contribution in [0.15, 0.2) is 18.2 Å². The fraction of sp³-hybridized carbons (Fsp3) is 0.533. The minimum absolute atomic E-state index is 0.0354. The SMILES string of the molecule is Cc1ccc(Cl)cc1NC(=O)OC1CCCCC1C. The van der Waals surface area contributed by atoms with E-state index in [9.17, 15) is 4.79 Å². The molecule has 1 aliphatic rings. The van der Waals surface area contributed by atoms with Gasteiger partial charge in [-0.1, -0.05) is 31.0 Å². The number of carbonyl (C=O) groups is 1. The number of nitrogens with one attached hydrogen (secondary N) is 1. The first-order valence-corrected chi connectivity index (χ1v) is 7.18. The third-order valence-corrected chi connectivity index (χ3v) is 3.96. The van der Waals surface area contributed by atoms with Crippen molar-refractivity contribution in [3.05, 3.63) is 28.8 Å². The Morgan fingerprint density at radius 2 is 2.11 bits per heavy atom. The molecule has 19 heavy (non-hydrogen) atoms. The predicted octanol–water partition coefficient (Wildman–Crippen LogP) is 4.78. The molecule has 1 aliphatic carbocycles. The summed E-state index contributed by atoms with van der Waals surface area (Å²) in [5, 5.41) is 3.38. The number of aryl methyl sites for hydroxylation is 1. The van der Waals surface area contributed by atoms with Crippen LogP contribution in [-0.4, -0.2) is 12.2 Å². The Morgan fingerprint density at radius 1 is 1.37 bits per heavy atom. The van der Waals surface area contributed by atoms with E-state index in [1.165, 1.54) is 6.42 Å². The fourth-order valence-corrected chi connectivity index (χ4v) is 2.64. The first-order valence-electron chi connectivity index (χ1n) is 6.80. The van der Waals surface area contributed by atoms with Crippen LogP contribution in [0.3, 0.4) is 0 Å². The van der Waals surface area contributed by atoms with E-state index in [1.54, 1.807) is 12.1 Å². The maximum absolute atomic E-state index is 11.9. The lowest BCUT2D eigenvalue weighted by molar-refractivity contribution is 0.0524. The maximum atomic E-state index is 11.9. The monoisotopic (exact) mass is 281 g/mol. The second-order valence-corrected chi connectivity index (χ2v) is 5.73. The Hall–Kier alpha value is -1.22.